The molecule has 1 aliphatic heterocycles. The van der Waals surface area contributed by atoms with Crippen LogP contribution >= 0.6 is 0 Å². The summed E-state index contributed by atoms with van der Waals surface area (Å²) in [5.41, 5.74) is -0.799. The Bertz CT molecular complexity index is 1020. The van der Waals surface area contributed by atoms with Gasteiger partial charge in [-0.1, -0.05) is 18.2 Å². The molecule has 6 nitrogen and oxygen atoms in total. The Morgan fingerprint density at radius 1 is 1.24 bits per heavy atom. The van der Waals surface area contributed by atoms with Crippen molar-refractivity contribution in [1.29, 1.82) is 0 Å². The zero-order valence-electron chi connectivity index (χ0n) is 18.8. The van der Waals surface area contributed by atoms with Crippen molar-refractivity contribution in [3.63, 3.8) is 0 Å². The van der Waals surface area contributed by atoms with Crippen LogP contribution in [0.2, 0.25) is 0 Å². The maximum Gasteiger partial charge on any atom is 0.416 e. The van der Waals surface area contributed by atoms with Crippen molar-refractivity contribution in [1.82, 2.24) is 5.32 Å². The summed E-state index contributed by atoms with van der Waals surface area (Å²) >= 11 is 0. The molecule has 9 heteroatoms. The van der Waals surface area contributed by atoms with E-state index in [0.29, 0.717) is 35.8 Å². The number of aliphatic hydroxyl groups is 1. The Morgan fingerprint density at radius 3 is 2.50 bits per heavy atom. The molecule has 0 aliphatic carbocycles. The van der Waals surface area contributed by atoms with Gasteiger partial charge in [0, 0.05) is 31.6 Å². The summed E-state index contributed by atoms with van der Waals surface area (Å²) in [6, 6.07) is 11.7. The van der Waals surface area contributed by atoms with E-state index < -0.39 is 29.3 Å². The average Bonchev–Trinajstić information content (AvgIpc) is 3.15. The number of benzene rings is 2. The van der Waals surface area contributed by atoms with Crippen LogP contribution in [0, 0.1) is 0 Å². The van der Waals surface area contributed by atoms with E-state index in [9.17, 15) is 18.0 Å². The van der Waals surface area contributed by atoms with E-state index in [-0.39, 0.29) is 19.6 Å². The lowest BCUT2D eigenvalue weighted by Crippen LogP contribution is -2.50. The van der Waals surface area contributed by atoms with Gasteiger partial charge in [0.2, 0.25) is 5.90 Å². The van der Waals surface area contributed by atoms with Crippen LogP contribution in [0.5, 0.6) is 5.75 Å². The van der Waals surface area contributed by atoms with E-state index in [0.717, 1.165) is 12.1 Å². The van der Waals surface area contributed by atoms with E-state index >= 15 is 0 Å². The summed E-state index contributed by atoms with van der Waals surface area (Å²) in [7, 11) is 0. The average molecular weight is 476 g/mol. The van der Waals surface area contributed by atoms with Gasteiger partial charge >= 0.3 is 6.18 Å². The third kappa shape index (κ3) is 5.77. The summed E-state index contributed by atoms with van der Waals surface area (Å²) in [6.45, 7) is 5.97. The van der Waals surface area contributed by atoms with Gasteiger partial charge in [0.15, 0.2) is 5.54 Å². The normalized spacial score (nSPS) is 19.8. The molecule has 0 saturated carbocycles. The van der Waals surface area contributed by atoms with Gasteiger partial charge in [0.1, 0.15) is 11.9 Å². The molecular weight excluding hydrogens is 449 g/mol. The fourth-order valence-corrected chi connectivity index (χ4v) is 3.55. The number of amides is 1. The fraction of sp³-hybridized carbons (Fsp3) is 0.360. The number of aliphatic imine (C=N–C) groups is 1. The minimum absolute atomic E-state index is 0.0485. The minimum atomic E-state index is -4.42. The zero-order valence-corrected chi connectivity index (χ0v) is 18.8. The Hall–Kier alpha value is -3.33. The third-order valence-corrected chi connectivity index (χ3v) is 5.52. The lowest BCUT2D eigenvalue weighted by molar-refractivity contribution is -0.137. The van der Waals surface area contributed by atoms with E-state index in [1.807, 2.05) is 0 Å². The maximum absolute atomic E-state index is 13.2. The van der Waals surface area contributed by atoms with E-state index in [2.05, 4.69) is 16.9 Å². The molecule has 0 bridgehead atoms. The number of hydrogen-bond donors (Lipinski definition) is 2. The minimum Gasteiger partial charge on any atom is -0.494 e. The van der Waals surface area contributed by atoms with Crippen LogP contribution in [-0.4, -0.2) is 41.8 Å². The summed E-state index contributed by atoms with van der Waals surface area (Å²) in [4.78, 5) is 17.8. The summed E-state index contributed by atoms with van der Waals surface area (Å²) in [6.07, 6.45) is -2.67. The first-order valence-electron chi connectivity index (χ1n) is 10.9. The lowest BCUT2D eigenvalue weighted by Gasteiger charge is -2.26. The predicted octanol–water partition coefficient (Wildman–Crippen LogP) is 4.26. The number of nitrogens with one attached hydrogen (secondary N) is 1. The first kappa shape index (κ1) is 25.3. The molecule has 1 amide bonds. The van der Waals surface area contributed by atoms with Crippen molar-refractivity contribution in [3.05, 3.63) is 77.9 Å². The molecule has 182 valence electrons. The highest BCUT2D eigenvalue weighted by Crippen LogP contribution is 2.33. The molecule has 2 aromatic carbocycles. The molecule has 0 unspecified atom stereocenters. The number of aliphatic hydroxyl groups excluding tert-OH is 1. The zero-order chi connectivity index (χ0) is 24.8. The molecule has 0 fully saturated rings. The van der Waals surface area contributed by atoms with Gasteiger partial charge in [-0.05, 0) is 48.9 Å². The van der Waals surface area contributed by atoms with Gasteiger partial charge < -0.3 is 19.9 Å². The monoisotopic (exact) mass is 476 g/mol. The maximum atomic E-state index is 13.2. The molecule has 1 aliphatic rings. The van der Waals surface area contributed by atoms with Gasteiger partial charge in [-0.25, -0.2) is 4.99 Å². The number of alkyl halides is 3. The topological polar surface area (TPSA) is 80.2 Å². The molecule has 0 saturated heterocycles. The number of hydrogen-bond acceptors (Lipinski definition) is 5. The molecule has 3 rings (SSSR count). The Labute approximate surface area is 196 Å². The van der Waals surface area contributed by atoms with Crippen molar-refractivity contribution in [2.45, 2.75) is 44.1 Å². The summed E-state index contributed by atoms with van der Waals surface area (Å²) in [5.74, 6) is 0.537. The molecule has 0 spiro atoms. The Morgan fingerprint density at radius 2 is 1.91 bits per heavy atom. The highest BCUT2D eigenvalue weighted by Gasteiger charge is 2.49. The van der Waals surface area contributed by atoms with Crippen LogP contribution in [0.25, 0.3) is 0 Å². The molecule has 1 heterocycles. The standard InChI is InChI=1S/C25H27F3N2O4/c1-3-13-24(23(32)29-16-18-5-9-20(10-6-18)25(26,27)28)17(2)34-22(30-24)19-7-11-21(12-8-19)33-15-4-14-31/h3,5-12,17,31H,1,4,13-16H2,2H3,(H,29,32)/t17-,24-/m1/s1. The number of ether oxygens (including phenoxy) is 2. The molecule has 2 aromatic rings. The first-order chi connectivity index (χ1) is 16.2. The molecular formula is C25H27F3N2O4. The van der Waals surface area contributed by atoms with Crippen LogP contribution in [0.1, 0.15) is 36.5 Å². The molecule has 0 aromatic heterocycles. The Kier molecular flexibility index (Phi) is 7.98. The van der Waals surface area contributed by atoms with Crippen molar-refractivity contribution < 1.29 is 32.5 Å². The predicted molar refractivity (Wildman–Crippen MR) is 122 cm³/mol. The number of rotatable bonds is 10. The summed E-state index contributed by atoms with van der Waals surface area (Å²) < 4.78 is 49.7. The highest BCUT2D eigenvalue weighted by atomic mass is 19.4. The summed E-state index contributed by atoms with van der Waals surface area (Å²) in [5, 5.41) is 11.6. The van der Waals surface area contributed by atoms with Gasteiger partial charge in [-0.15, -0.1) is 6.58 Å². The van der Waals surface area contributed by atoms with Crippen molar-refractivity contribution in [3.8, 4) is 5.75 Å². The SMILES string of the molecule is C=CC[C@@]1(C(=O)NCc2ccc(C(F)(F)F)cc2)N=C(c2ccc(OCCCO)cc2)O[C@@H]1C. The number of nitrogens with zero attached hydrogens (tertiary/aromatic N) is 1. The van der Waals surface area contributed by atoms with Gasteiger partial charge in [-0.3, -0.25) is 4.79 Å². The van der Waals surface area contributed by atoms with Gasteiger partial charge in [0.25, 0.3) is 5.91 Å². The Balaban J connectivity index is 1.73. The fourth-order valence-electron chi connectivity index (χ4n) is 3.55. The van der Waals surface area contributed by atoms with Crippen LogP contribution in [0.3, 0.4) is 0 Å². The number of carbonyl (C=O) groups is 1. The lowest BCUT2D eigenvalue weighted by atomic mass is 9.89. The van der Waals surface area contributed by atoms with Gasteiger partial charge in [-0.2, -0.15) is 13.2 Å². The van der Waals surface area contributed by atoms with Crippen molar-refractivity contribution >= 4 is 11.8 Å². The van der Waals surface area contributed by atoms with Crippen LogP contribution < -0.4 is 10.1 Å². The molecule has 0 radical (unpaired) electrons. The molecule has 2 atom stereocenters. The molecule has 2 N–H and O–H groups in total. The largest absolute Gasteiger partial charge is 0.494 e. The van der Waals surface area contributed by atoms with Crippen LogP contribution in [0.15, 0.2) is 66.2 Å². The highest BCUT2D eigenvalue weighted by molar-refractivity contribution is 6.00. The van der Waals surface area contributed by atoms with Crippen molar-refractivity contribution in [2.75, 3.05) is 13.2 Å². The van der Waals surface area contributed by atoms with E-state index in [1.165, 1.54) is 12.1 Å². The first-order valence-corrected chi connectivity index (χ1v) is 10.9. The van der Waals surface area contributed by atoms with Gasteiger partial charge in [0.05, 0.1) is 12.2 Å². The van der Waals surface area contributed by atoms with Crippen LogP contribution in [0.4, 0.5) is 13.2 Å². The van der Waals surface area contributed by atoms with E-state index in [1.54, 1.807) is 37.3 Å². The molecule has 34 heavy (non-hydrogen) atoms. The quantitative estimate of drug-likeness (QED) is 0.397. The number of halogens is 3. The van der Waals surface area contributed by atoms with Crippen molar-refractivity contribution in [2.24, 2.45) is 4.99 Å². The third-order valence-electron chi connectivity index (χ3n) is 5.52. The second kappa shape index (κ2) is 10.7. The second-order valence-corrected chi connectivity index (χ2v) is 7.92. The van der Waals surface area contributed by atoms with Crippen LogP contribution in [-0.2, 0) is 22.3 Å². The van der Waals surface area contributed by atoms with E-state index in [4.69, 9.17) is 14.6 Å². The number of carbonyl (C=O) groups excluding carboxylic acids is 1. The second-order valence-electron chi connectivity index (χ2n) is 7.92. The smallest absolute Gasteiger partial charge is 0.416 e.